The Kier molecular flexibility index (Phi) is 2.59. The largest absolute Gasteiger partial charge is 0.313 e. The van der Waals surface area contributed by atoms with E-state index >= 15 is 0 Å². The predicted octanol–water partition coefficient (Wildman–Crippen LogP) is 2.14. The minimum atomic E-state index is -0.529. The highest BCUT2D eigenvalue weighted by atomic mass is 19.1. The molecule has 0 aliphatic carbocycles. The van der Waals surface area contributed by atoms with Gasteiger partial charge in [-0.05, 0) is 36.7 Å². The van der Waals surface area contributed by atoms with Crippen molar-refractivity contribution >= 4 is 5.57 Å². The first-order chi connectivity index (χ1) is 6.79. The summed E-state index contributed by atoms with van der Waals surface area (Å²) < 4.78 is 26.6. The lowest BCUT2D eigenvalue weighted by Crippen LogP contribution is -2.20. The molecule has 0 atom stereocenters. The Balaban J connectivity index is 2.44. The van der Waals surface area contributed by atoms with Crippen LogP contribution in [0.1, 0.15) is 12.0 Å². The van der Waals surface area contributed by atoms with E-state index < -0.39 is 11.6 Å². The van der Waals surface area contributed by atoms with Crippen molar-refractivity contribution in [2.45, 2.75) is 6.42 Å². The summed E-state index contributed by atoms with van der Waals surface area (Å²) >= 11 is 0. The molecule has 0 fully saturated rings. The van der Waals surface area contributed by atoms with E-state index in [1.807, 2.05) is 6.08 Å². The number of hydrogen-bond donors (Lipinski definition) is 1. The Labute approximate surface area is 81.4 Å². The Bertz CT molecular complexity index is 351. The fourth-order valence-corrected chi connectivity index (χ4v) is 1.60. The molecule has 1 nitrogen and oxygen atoms in total. The van der Waals surface area contributed by atoms with Crippen LogP contribution >= 0.6 is 0 Å². The van der Waals surface area contributed by atoms with E-state index in [2.05, 4.69) is 11.4 Å². The van der Waals surface area contributed by atoms with Crippen molar-refractivity contribution in [3.63, 3.8) is 0 Å². The molecule has 1 aliphatic heterocycles. The molecule has 1 aromatic carbocycles. The molecule has 3 heteroatoms. The molecule has 14 heavy (non-hydrogen) atoms. The highest BCUT2D eigenvalue weighted by molar-refractivity contribution is 5.67. The van der Waals surface area contributed by atoms with Crippen LogP contribution in [0, 0.1) is 17.7 Å². The molecular weight excluding hydrogens is 184 g/mol. The number of rotatable bonds is 1. The molecule has 0 bridgehead atoms. The zero-order valence-corrected chi connectivity index (χ0v) is 7.61. The van der Waals surface area contributed by atoms with Crippen LogP contribution in [0.5, 0.6) is 0 Å². The summed E-state index contributed by atoms with van der Waals surface area (Å²) in [6.45, 7) is 1.44. The Morgan fingerprint density at radius 3 is 2.50 bits per heavy atom. The van der Waals surface area contributed by atoms with Gasteiger partial charge in [-0.1, -0.05) is 6.08 Å². The summed E-state index contributed by atoms with van der Waals surface area (Å²) in [7, 11) is 0. The van der Waals surface area contributed by atoms with Crippen LogP contribution in [0.2, 0.25) is 0 Å². The van der Waals surface area contributed by atoms with Gasteiger partial charge in [0, 0.05) is 12.1 Å². The molecule has 0 saturated carbocycles. The number of hydrogen-bond acceptors (Lipinski definition) is 1. The third-order valence-corrected chi connectivity index (χ3v) is 2.28. The quantitative estimate of drug-likeness (QED) is 0.722. The van der Waals surface area contributed by atoms with E-state index in [0.717, 1.165) is 12.1 Å². The highest BCUT2D eigenvalue weighted by Gasteiger charge is 2.14. The van der Waals surface area contributed by atoms with Gasteiger partial charge in [-0.25, -0.2) is 8.78 Å². The van der Waals surface area contributed by atoms with Gasteiger partial charge >= 0.3 is 0 Å². The number of benzene rings is 1. The van der Waals surface area contributed by atoms with Gasteiger partial charge in [0.15, 0.2) is 0 Å². The monoisotopic (exact) mass is 194 g/mol. The standard InChI is InChI=1S/C11H10F2N/c12-9-2-1-3-10(13)11(9)8-4-6-14-7-5-8/h2-4,14H,5-7H2. The van der Waals surface area contributed by atoms with Crippen LogP contribution < -0.4 is 5.32 Å². The lowest BCUT2D eigenvalue weighted by atomic mass is 9.99. The summed E-state index contributed by atoms with van der Waals surface area (Å²) in [5, 5.41) is 3.09. The van der Waals surface area contributed by atoms with E-state index in [-0.39, 0.29) is 5.56 Å². The van der Waals surface area contributed by atoms with Crippen LogP contribution in [0.3, 0.4) is 0 Å². The Hall–Kier alpha value is -1.22. The first-order valence-corrected chi connectivity index (χ1v) is 4.54. The third-order valence-electron chi connectivity index (χ3n) is 2.28. The molecule has 0 unspecified atom stereocenters. The van der Waals surface area contributed by atoms with E-state index in [1.165, 1.54) is 12.1 Å². The fraction of sp³-hybridized carbons (Fsp3) is 0.273. The molecule has 0 amide bonds. The molecular formula is C11H10F2N. The second kappa shape index (κ2) is 3.88. The Morgan fingerprint density at radius 2 is 1.93 bits per heavy atom. The van der Waals surface area contributed by atoms with Crippen molar-refractivity contribution in [1.82, 2.24) is 5.32 Å². The van der Waals surface area contributed by atoms with Crippen LogP contribution in [0.25, 0.3) is 5.57 Å². The van der Waals surface area contributed by atoms with Gasteiger partial charge in [-0.2, -0.15) is 0 Å². The first kappa shape index (κ1) is 9.34. The van der Waals surface area contributed by atoms with Gasteiger partial charge in [0.2, 0.25) is 0 Å². The molecule has 0 spiro atoms. The van der Waals surface area contributed by atoms with E-state index in [1.54, 1.807) is 0 Å². The summed E-state index contributed by atoms with van der Waals surface area (Å²) in [6.07, 6.45) is 2.49. The van der Waals surface area contributed by atoms with Crippen molar-refractivity contribution in [3.05, 3.63) is 41.5 Å². The molecule has 1 N–H and O–H groups in total. The van der Waals surface area contributed by atoms with Gasteiger partial charge in [-0.15, -0.1) is 0 Å². The number of nitrogens with one attached hydrogen (secondary N) is 1. The second-order valence-electron chi connectivity index (χ2n) is 3.21. The summed E-state index contributed by atoms with van der Waals surface area (Å²) in [6, 6.07) is 4.75. The molecule has 1 aromatic rings. The SMILES string of the molecule is Fc1c[c]cc(F)c1C1=CCNCC1. The zero-order valence-electron chi connectivity index (χ0n) is 7.61. The van der Waals surface area contributed by atoms with Gasteiger partial charge in [0.1, 0.15) is 11.6 Å². The van der Waals surface area contributed by atoms with Gasteiger partial charge < -0.3 is 5.32 Å². The predicted molar refractivity (Wildman–Crippen MR) is 50.7 cm³/mol. The van der Waals surface area contributed by atoms with Crippen molar-refractivity contribution < 1.29 is 8.78 Å². The zero-order chi connectivity index (χ0) is 9.97. The molecule has 2 rings (SSSR count). The lowest BCUT2D eigenvalue weighted by Gasteiger charge is -2.15. The maximum absolute atomic E-state index is 13.3. The molecule has 0 aromatic heterocycles. The molecule has 73 valence electrons. The Morgan fingerprint density at radius 1 is 1.21 bits per heavy atom. The van der Waals surface area contributed by atoms with Crippen LogP contribution in [0.15, 0.2) is 18.2 Å². The smallest absolute Gasteiger partial charge is 0.134 e. The van der Waals surface area contributed by atoms with Gasteiger partial charge in [-0.3, -0.25) is 0 Å². The van der Waals surface area contributed by atoms with Crippen LogP contribution in [-0.4, -0.2) is 13.1 Å². The molecule has 1 aliphatic rings. The van der Waals surface area contributed by atoms with E-state index in [9.17, 15) is 8.78 Å². The normalized spacial score (nSPS) is 16.6. The maximum atomic E-state index is 13.3. The van der Waals surface area contributed by atoms with E-state index in [4.69, 9.17) is 0 Å². The number of halogens is 2. The van der Waals surface area contributed by atoms with Crippen molar-refractivity contribution in [2.24, 2.45) is 0 Å². The second-order valence-corrected chi connectivity index (χ2v) is 3.21. The van der Waals surface area contributed by atoms with Crippen molar-refractivity contribution in [2.75, 3.05) is 13.1 Å². The van der Waals surface area contributed by atoms with Crippen molar-refractivity contribution in [3.8, 4) is 0 Å². The average molecular weight is 194 g/mol. The fourth-order valence-electron chi connectivity index (χ4n) is 1.60. The van der Waals surface area contributed by atoms with Crippen molar-refractivity contribution in [1.29, 1.82) is 0 Å². The van der Waals surface area contributed by atoms with Gasteiger partial charge in [0.05, 0.1) is 0 Å². The molecule has 0 saturated heterocycles. The minimum Gasteiger partial charge on any atom is -0.313 e. The summed E-state index contributed by atoms with van der Waals surface area (Å²) in [5.41, 5.74) is 0.845. The summed E-state index contributed by atoms with van der Waals surface area (Å²) in [4.78, 5) is 0. The molecule has 1 heterocycles. The maximum Gasteiger partial charge on any atom is 0.134 e. The highest BCUT2D eigenvalue weighted by Crippen LogP contribution is 2.24. The van der Waals surface area contributed by atoms with Crippen LogP contribution in [-0.2, 0) is 0 Å². The van der Waals surface area contributed by atoms with Crippen LogP contribution in [0.4, 0.5) is 8.78 Å². The molecule has 1 radical (unpaired) electrons. The first-order valence-electron chi connectivity index (χ1n) is 4.54. The van der Waals surface area contributed by atoms with E-state index in [0.29, 0.717) is 13.0 Å². The summed E-state index contributed by atoms with van der Waals surface area (Å²) in [5.74, 6) is -1.06. The third kappa shape index (κ3) is 1.68. The average Bonchev–Trinajstić information content (AvgIpc) is 2.19. The topological polar surface area (TPSA) is 12.0 Å². The lowest BCUT2D eigenvalue weighted by molar-refractivity contribution is 0.573. The minimum absolute atomic E-state index is 0.102. The van der Waals surface area contributed by atoms with Gasteiger partial charge in [0.25, 0.3) is 0 Å².